The highest BCUT2D eigenvalue weighted by molar-refractivity contribution is 5.28. The second kappa shape index (κ2) is 5.01. The fourth-order valence-electron chi connectivity index (χ4n) is 1.42. The molecule has 0 fully saturated rings. The molecule has 1 aromatic rings. The fraction of sp³-hybridized carbons (Fsp3) is 0.429. The fourth-order valence-corrected chi connectivity index (χ4v) is 1.42. The van der Waals surface area contributed by atoms with Crippen molar-refractivity contribution in [2.75, 3.05) is 7.11 Å². The molecule has 82 valence electrons. The molecule has 0 aliphatic carbocycles. The molecular weight excluding hydrogens is 184 g/mol. The first kappa shape index (κ1) is 11.8. The Morgan fingerprint density at radius 3 is 2.20 bits per heavy atom. The van der Waals surface area contributed by atoms with Gasteiger partial charge < -0.3 is 4.74 Å². The highest BCUT2D eigenvalue weighted by atomic mass is 16.5. The second-order valence-electron chi connectivity index (χ2n) is 4.76. The third-order valence-electron chi connectivity index (χ3n) is 2.41. The first-order valence-electron chi connectivity index (χ1n) is 5.31. The van der Waals surface area contributed by atoms with E-state index in [1.54, 1.807) is 13.4 Å². The summed E-state index contributed by atoms with van der Waals surface area (Å²) in [6, 6.07) is 8.77. The minimum Gasteiger partial charge on any atom is -0.505 e. The zero-order valence-electron chi connectivity index (χ0n) is 10.1. The molecule has 1 nitrogen and oxygen atoms in total. The van der Waals surface area contributed by atoms with Crippen LogP contribution in [0.4, 0.5) is 0 Å². The van der Waals surface area contributed by atoms with Gasteiger partial charge in [-0.25, -0.2) is 0 Å². The molecule has 0 aromatic heterocycles. The normalized spacial score (nSPS) is 12.0. The van der Waals surface area contributed by atoms with Crippen LogP contribution in [0.5, 0.6) is 0 Å². The summed E-state index contributed by atoms with van der Waals surface area (Å²) in [6.45, 7) is 6.69. The van der Waals surface area contributed by atoms with Gasteiger partial charge in [0.05, 0.1) is 13.4 Å². The van der Waals surface area contributed by atoms with Gasteiger partial charge in [0.2, 0.25) is 0 Å². The first-order valence-corrected chi connectivity index (χ1v) is 5.31. The molecule has 0 amide bonds. The minimum absolute atomic E-state index is 0.237. The molecule has 0 saturated heterocycles. The number of rotatable bonds is 3. The molecule has 0 spiro atoms. The molecule has 0 unspecified atom stereocenters. The van der Waals surface area contributed by atoms with Gasteiger partial charge in [-0.3, -0.25) is 0 Å². The van der Waals surface area contributed by atoms with Crippen LogP contribution in [-0.2, 0) is 16.6 Å². The Bertz CT molecular complexity index is 314. The maximum atomic E-state index is 4.86. The van der Waals surface area contributed by atoms with Crippen molar-refractivity contribution in [3.05, 3.63) is 47.7 Å². The molecule has 1 aromatic carbocycles. The highest BCUT2D eigenvalue weighted by Gasteiger charge is 2.12. The monoisotopic (exact) mass is 204 g/mol. The van der Waals surface area contributed by atoms with E-state index in [9.17, 15) is 0 Å². The van der Waals surface area contributed by atoms with Gasteiger partial charge in [0.25, 0.3) is 0 Å². The minimum atomic E-state index is 0.237. The van der Waals surface area contributed by atoms with Gasteiger partial charge in [-0.1, -0.05) is 45.0 Å². The summed E-state index contributed by atoms with van der Waals surface area (Å²) >= 11 is 0. The summed E-state index contributed by atoms with van der Waals surface area (Å²) in [5.74, 6) is 0. The average Bonchev–Trinajstić information content (AvgIpc) is 2.18. The average molecular weight is 204 g/mol. The van der Waals surface area contributed by atoms with Crippen molar-refractivity contribution in [3.8, 4) is 0 Å². The van der Waals surface area contributed by atoms with Gasteiger partial charge in [0.1, 0.15) is 0 Å². The van der Waals surface area contributed by atoms with Crippen LogP contribution < -0.4 is 0 Å². The van der Waals surface area contributed by atoms with Gasteiger partial charge in [-0.15, -0.1) is 0 Å². The molecule has 0 aliphatic rings. The molecule has 0 radical (unpaired) electrons. The SMILES string of the molecule is COC=CCc1ccc(C(C)(C)C)cc1. The van der Waals surface area contributed by atoms with Gasteiger partial charge in [0.15, 0.2) is 0 Å². The lowest BCUT2D eigenvalue weighted by Gasteiger charge is -2.18. The molecule has 15 heavy (non-hydrogen) atoms. The van der Waals surface area contributed by atoms with Crippen molar-refractivity contribution in [1.82, 2.24) is 0 Å². The van der Waals surface area contributed by atoms with Crippen molar-refractivity contribution in [2.24, 2.45) is 0 Å². The smallest absolute Gasteiger partial charge is 0.0788 e. The van der Waals surface area contributed by atoms with E-state index in [4.69, 9.17) is 4.74 Å². The Hall–Kier alpha value is -1.24. The van der Waals surface area contributed by atoms with E-state index in [0.717, 1.165) is 6.42 Å². The molecule has 1 heteroatoms. The third kappa shape index (κ3) is 3.78. The molecule has 0 bridgehead atoms. The van der Waals surface area contributed by atoms with E-state index in [-0.39, 0.29) is 5.41 Å². The number of ether oxygens (including phenoxy) is 1. The number of hydrogen-bond donors (Lipinski definition) is 0. The van der Waals surface area contributed by atoms with Crippen LogP contribution in [0.3, 0.4) is 0 Å². The Balaban J connectivity index is 2.69. The van der Waals surface area contributed by atoms with E-state index < -0.39 is 0 Å². The zero-order valence-corrected chi connectivity index (χ0v) is 10.1. The Kier molecular flexibility index (Phi) is 3.96. The Morgan fingerprint density at radius 2 is 1.73 bits per heavy atom. The van der Waals surface area contributed by atoms with Crippen molar-refractivity contribution in [1.29, 1.82) is 0 Å². The van der Waals surface area contributed by atoms with Crippen LogP contribution in [-0.4, -0.2) is 7.11 Å². The van der Waals surface area contributed by atoms with Crippen LogP contribution >= 0.6 is 0 Å². The van der Waals surface area contributed by atoms with Gasteiger partial charge in [-0.2, -0.15) is 0 Å². The number of allylic oxidation sites excluding steroid dienone is 1. The van der Waals surface area contributed by atoms with Gasteiger partial charge in [-0.05, 0) is 29.0 Å². The van der Waals surface area contributed by atoms with E-state index in [1.807, 2.05) is 6.08 Å². The van der Waals surface area contributed by atoms with Crippen LogP contribution in [0.15, 0.2) is 36.6 Å². The van der Waals surface area contributed by atoms with Gasteiger partial charge in [0, 0.05) is 0 Å². The zero-order chi connectivity index (χ0) is 11.3. The van der Waals surface area contributed by atoms with Crippen LogP contribution in [0.2, 0.25) is 0 Å². The molecule has 0 atom stereocenters. The summed E-state index contributed by atoms with van der Waals surface area (Å²) < 4.78 is 4.86. The predicted octanol–water partition coefficient (Wildman–Crippen LogP) is 3.69. The van der Waals surface area contributed by atoms with E-state index in [0.29, 0.717) is 0 Å². The van der Waals surface area contributed by atoms with Crippen LogP contribution in [0, 0.1) is 0 Å². The second-order valence-corrected chi connectivity index (χ2v) is 4.76. The summed E-state index contributed by atoms with van der Waals surface area (Å²) in [5.41, 5.74) is 2.93. The molecule has 0 N–H and O–H groups in total. The predicted molar refractivity (Wildman–Crippen MR) is 65.0 cm³/mol. The number of methoxy groups -OCH3 is 1. The first-order chi connectivity index (χ1) is 7.04. The molecule has 0 aliphatic heterocycles. The van der Waals surface area contributed by atoms with E-state index in [1.165, 1.54) is 11.1 Å². The molecule has 0 heterocycles. The summed E-state index contributed by atoms with van der Waals surface area (Å²) in [6.07, 6.45) is 4.67. The topological polar surface area (TPSA) is 9.23 Å². The maximum absolute atomic E-state index is 4.86. The standard InChI is InChI=1S/C14H20O/c1-14(2,3)13-9-7-12(8-10-13)6-5-11-15-4/h5,7-11H,6H2,1-4H3. The van der Waals surface area contributed by atoms with E-state index in [2.05, 4.69) is 45.0 Å². The van der Waals surface area contributed by atoms with Crippen molar-refractivity contribution < 1.29 is 4.74 Å². The summed E-state index contributed by atoms with van der Waals surface area (Å²) in [4.78, 5) is 0. The molecule has 0 saturated carbocycles. The van der Waals surface area contributed by atoms with Crippen LogP contribution in [0.1, 0.15) is 31.9 Å². The van der Waals surface area contributed by atoms with Crippen LogP contribution in [0.25, 0.3) is 0 Å². The van der Waals surface area contributed by atoms with Gasteiger partial charge >= 0.3 is 0 Å². The number of hydrogen-bond acceptors (Lipinski definition) is 1. The number of benzene rings is 1. The highest BCUT2D eigenvalue weighted by Crippen LogP contribution is 2.22. The Morgan fingerprint density at radius 1 is 1.13 bits per heavy atom. The third-order valence-corrected chi connectivity index (χ3v) is 2.41. The molecule has 1 rings (SSSR count). The quantitative estimate of drug-likeness (QED) is 0.682. The lowest BCUT2D eigenvalue weighted by molar-refractivity contribution is 0.337. The van der Waals surface area contributed by atoms with Crippen molar-refractivity contribution in [2.45, 2.75) is 32.6 Å². The summed E-state index contributed by atoms with van der Waals surface area (Å²) in [7, 11) is 1.67. The van der Waals surface area contributed by atoms with Crippen molar-refractivity contribution >= 4 is 0 Å². The Labute approximate surface area is 92.8 Å². The summed E-state index contributed by atoms with van der Waals surface area (Å²) in [5, 5.41) is 0. The lowest BCUT2D eigenvalue weighted by Crippen LogP contribution is -2.10. The largest absolute Gasteiger partial charge is 0.505 e. The van der Waals surface area contributed by atoms with E-state index >= 15 is 0 Å². The van der Waals surface area contributed by atoms with Crippen molar-refractivity contribution in [3.63, 3.8) is 0 Å². The maximum Gasteiger partial charge on any atom is 0.0788 e. The molecular formula is C14H20O. The lowest BCUT2D eigenvalue weighted by atomic mass is 9.86.